The molecule has 0 bridgehead atoms. The van der Waals surface area contributed by atoms with Gasteiger partial charge < -0.3 is 20.3 Å². The number of alkyl carbamates (subject to hydrolysis) is 1. The number of carboxylic acid groups (broad SMARTS) is 1. The summed E-state index contributed by atoms with van der Waals surface area (Å²) in [6.45, 7) is 13.7. The van der Waals surface area contributed by atoms with Crippen LogP contribution in [0.5, 0.6) is 0 Å². The molecule has 0 unspecified atom stereocenters. The van der Waals surface area contributed by atoms with Crippen LogP contribution in [-0.4, -0.2) is 40.0 Å². The summed E-state index contributed by atoms with van der Waals surface area (Å²) in [7, 11) is 0. The molecule has 1 amide bonds. The number of ether oxygens (including phenoxy) is 1. The standard InChI is InChI=1S/C25H43NO5/c1-18(2)11-8-12-19(3)13-9-14-20(4)15-10-16-21(22(27)17-23(28)29)26-24(30)31-25(5,6)7/h11,13,15,21-22,27H,8-10,12,14,16-17H2,1-7H3,(H,26,30)(H,28,29)/b19-13+,20-15+/t21-,22-/m0/s1. The number of allylic oxidation sites excluding steroid dienone is 6. The number of nitrogens with one attached hydrogen (secondary N) is 1. The Balaban J connectivity index is 4.67. The summed E-state index contributed by atoms with van der Waals surface area (Å²) in [5.74, 6) is -1.11. The lowest BCUT2D eigenvalue weighted by molar-refractivity contribution is -0.139. The minimum Gasteiger partial charge on any atom is -0.481 e. The van der Waals surface area contributed by atoms with Gasteiger partial charge in [-0.15, -0.1) is 0 Å². The first kappa shape index (κ1) is 28.9. The molecule has 0 aromatic rings. The third-order valence-corrected chi connectivity index (χ3v) is 4.64. The molecule has 0 aromatic carbocycles. The minimum atomic E-state index is -1.18. The van der Waals surface area contributed by atoms with E-state index in [1.54, 1.807) is 20.8 Å². The van der Waals surface area contributed by atoms with Crippen molar-refractivity contribution in [3.8, 4) is 0 Å². The van der Waals surface area contributed by atoms with E-state index >= 15 is 0 Å². The quantitative estimate of drug-likeness (QED) is 0.311. The maximum atomic E-state index is 12.1. The molecule has 6 heteroatoms. The largest absolute Gasteiger partial charge is 0.481 e. The van der Waals surface area contributed by atoms with Crippen LogP contribution >= 0.6 is 0 Å². The van der Waals surface area contributed by atoms with Crippen LogP contribution in [0.2, 0.25) is 0 Å². The number of carboxylic acids is 1. The number of carbonyl (C=O) groups is 2. The Hall–Kier alpha value is -2.08. The Morgan fingerprint density at radius 1 is 0.935 bits per heavy atom. The van der Waals surface area contributed by atoms with E-state index in [9.17, 15) is 14.7 Å². The summed E-state index contributed by atoms with van der Waals surface area (Å²) in [4.78, 5) is 23.0. The second kappa shape index (κ2) is 14.8. The summed E-state index contributed by atoms with van der Waals surface area (Å²) in [5, 5.41) is 21.8. The molecule has 3 N–H and O–H groups in total. The Labute approximate surface area is 188 Å². The third-order valence-electron chi connectivity index (χ3n) is 4.64. The molecule has 0 spiro atoms. The van der Waals surface area contributed by atoms with Crippen LogP contribution < -0.4 is 5.32 Å². The topological polar surface area (TPSA) is 95.9 Å². The number of rotatable bonds is 13. The lowest BCUT2D eigenvalue weighted by Crippen LogP contribution is -2.46. The molecule has 0 aromatic heterocycles. The minimum absolute atomic E-state index is 0.431. The molecule has 0 rings (SSSR count). The van der Waals surface area contributed by atoms with Crippen LogP contribution in [-0.2, 0) is 9.53 Å². The van der Waals surface area contributed by atoms with E-state index in [0.29, 0.717) is 12.8 Å². The SMILES string of the molecule is CC(C)=CCC/C(C)=C/CC/C(C)=C/CC[C@H](NC(=O)OC(C)(C)C)[C@@H](O)CC(=O)O. The second-order valence-corrected chi connectivity index (χ2v) is 9.46. The molecule has 31 heavy (non-hydrogen) atoms. The zero-order chi connectivity index (χ0) is 24.0. The number of aliphatic carboxylic acids is 1. The van der Waals surface area contributed by atoms with Gasteiger partial charge in [-0.25, -0.2) is 4.79 Å². The van der Waals surface area contributed by atoms with E-state index in [1.165, 1.54) is 16.7 Å². The Kier molecular flexibility index (Phi) is 13.8. The van der Waals surface area contributed by atoms with Crippen LogP contribution in [0.3, 0.4) is 0 Å². The lowest BCUT2D eigenvalue weighted by Gasteiger charge is -2.26. The Morgan fingerprint density at radius 2 is 1.45 bits per heavy atom. The van der Waals surface area contributed by atoms with Crippen LogP contribution in [0.4, 0.5) is 4.79 Å². The molecule has 0 aliphatic heterocycles. The fourth-order valence-corrected chi connectivity index (χ4v) is 2.99. The van der Waals surface area contributed by atoms with Crippen molar-refractivity contribution in [2.24, 2.45) is 0 Å². The molecule has 6 nitrogen and oxygen atoms in total. The van der Waals surface area contributed by atoms with E-state index in [4.69, 9.17) is 9.84 Å². The van der Waals surface area contributed by atoms with Crippen LogP contribution in [0.15, 0.2) is 34.9 Å². The number of aliphatic hydroxyl groups excluding tert-OH is 1. The highest BCUT2D eigenvalue weighted by atomic mass is 16.6. The molecular formula is C25H43NO5. The van der Waals surface area contributed by atoms with Gasteiger partial charge in [0.05, 0.1) is 18.6 Å². The molecular weight excluding hydrogens is 394 g/mol. The Bertz CT molecular complexity index is 651. The molecule has 0 radical (unpaired) electrons. The van der Waals surface area contributed by atoms with Gasteiger partial charge in [-0.3, -0.25) is 4.79 Å². The number of aliphatic hydroxyl groups is 1. The number of hydrogen-bond donors (Lipinski definition) is 3. The fourth-order valence-electron chi connectivity index (χ4n) is 2.99. The van der Waals surface area contributed by atoms with Gasteiger partial charge in [0.25, 0.3) is 0 Å². The molecule has 0 heterocycles. The van der Waals surface area contributed by atoms with E-state index < -0.39 is 36.2 Å². The molecule has 178 valence electrons. The highest BCUT2D eigenvalue weighted by Gasteiger charge is 2.25. The first-order valence-electron chi connectivity index (χ1n) is 11.1. The van der Waals surface area contributed by atoms with Gasteiger partial charge in [0.1, 0.15) is 5.60 Å². The van der Waals surface area contributed by atoms with Crippen molar-refractivity contribution < 1.29 is 24.5 Å². The van der Waals surface area contributed by atoms with Gasteiger partial charge in [0.2, 0.25) is 0 Å². The van der Waals surface area contributed by atoms with E-state index in [0.717, 1.165) is 25.7 Å². The molecule has 0 saturated heterocycles. The van der Waals surface area contributed by atoms with Crippen molar-refractivity contribution in [1.82, 2.24) is 5.32 Å². The molecule has 0 aliphatic carbocycles. The predicted octanol–water partition coefficient (Wildman–Crippen LogP) is 5.91. The number of carbonyl (C=O) groups excluding carboxylic acids is 1. The van der Waals surface area contributed by atoms with Gasteiger partial charge >= 0.3 is 12.1 Å². The van der Waals surface area contributed by atoms with Gasteiger partial charge in [0, 0.05) is 0 Å². The maximum Gasteiger partial charge on any atom is 0.407 e. The summed E-state index contributed by atoms with van der Waals surface area (Å²) >= 11 is 0. The molecule has 0 aliphatic rings. The molecule has 0 fully saturated rings. The van der Waals surface area contributed by atoms with Gasteiger partial charge in [-0.2, -0.15) is 0 Å². The van der Waals surface area contributed by atoms with Crippen molar-refractivity contribution in [1.29, 1.82) is 0 Å². The average Bonchev–Trinajstić information content (AvgIpc) is 2.58. The van der Waals surface area contributed by atoms with Crippen molar-refractivity contribution in [2.45, 2.75) is 111 Å². The van der Waals surface area contributed by atoms with Crippen molar-refractivity contribution >= 4 is 12.1 Å². The average molecular weight is 438 g/mol. The zero-order valence-electron chi connectivity index (χ0n) is 20.5. The monoisotopic (exact) mass is 437 g/mol. The van der Waals surface area contributed by atoms with Crippen molar-refractivity contribution in [3.63, 3.8) is 0 Å². The summed E-state index contributed by atoms with van der Waals surface area (Å²) in [6.07, 6.45) is 9.49. The normalized spacial score (nSPS) is 14.6. The third kappa shape index (κ3) is 17.3. The summed E-state index contributed by atoms with van der Waals surface area (Å²) < 4.78 is 5.23. The summed E-state index contributed by atoms with van der Waals surface area (Å²) in [5.41, 5.74) is 3.31. The van der Waals surface area contributed by atoms with Crippen molar-refractivity contribution in [2.75, 3.05) is 0 Å². The van der Waals surface area contributed by atoms with E-state index in [-0.39, 0.29) is 0 Å². The van der Waals surface area contributed by atoms with E-state index in [2.05, 4.69) is 51.2 Å². The first-order chi connectivity index (χ1) is 14.3. The number of amides is 1. The predicted molar refractivity (Wildman–Crippen MR) is 126 cm³/mol. The smallest absolute Gasteiger partial charge is 0.407 e. The molecule has 2 atom stereocenters. The van der Waals surface area contributed by atoms with Crippen molar-refractivity contribution in [3.05, 3.63) is 34.9 Å². The maximum absolute atomic E-state index is 12.1. The van der Waals surface area contributed by atoms with Gasteiger partial charge in [-0.05, 0) is 87.0 Å². The van der Waals surface area contributed by atoms with Gasteiger partial charge in [-0.1, -0.05) is 34.9 Å². The van der Waals surface area contributed by atoms with Gasteiger partial charge in [0.15, 0.2) is 0 Å². The number of hydrogen-bond acceptors (Lipinski definition) is 4. The Morgan fingerprint density at radius 3 is 1.94 bits per heavy atom. The van der Waals surface area contributed by atoms with E-state index in [1.807, 2.05) is 0 Å². The highest BCUT2D eigenvalue weighted by molar-refractivity contribution is 5.69. The summed E-state index contributed by atoms with van der Waals surface area (Å²) in [6, 6.07) is -0.688. The first-order valence-corrected chi connectivity index (χ1v) is 11.1. The highest BCUT2D eigenvalue weighted by Crippen LogP contribution is 2.15. The fraction of sp³-hybridized carbons (Fsp3) is 0.680. The van der Waals surface area contributed by atoms with Crippen LogP contribution in [0.25, 0.3) is 0 Å². The van der Waals surface area contributed by atoms with Crippen LogP contribution in [0.1, 0.15) is 93.4 Å². The zero-order valence-corrected chi connectivity index (χ0v) is 20.5. The second-order valence-electron chi connectivity index (χ2n) is 9.46. The van der Waals surface area contributed by atoms with Crippen LogP contribution in [0, 0.1) is 0 Å². The molecule has 0 saturated carbocycles. The lowest BCUT2D eigenvalue weighted by atomic mass is 10.0.